The summed E-state index contributed by atoms with van der Waals surface area (Å²) in [6.07, 6.45) is 0.939. The SMILES string of the molecule is Cc1ccc2c(c1)CC(=O)CO2.Cc1ccc2c(n1)CC(=O)CO2. The van der Waals surface area contributed by atoms with E-state index < -0.39 is 0 Å². The fourth-order valence-electron chi connectivity index (χ4n) is 2.66. The van der Waals surface area contributed by atoms with Gasteiger partial charge in [-0.05, 0) is 32.0 Å². The molecule has 1 aromatic heterocycles. The van der Waals surface area contributed by atoms with Crippen molar-refractivity contribution in [3.05, 3.63) is 52.8 Å². The van der Waals surface area contributed by atoms with Gasteiger partial charge in [0.25, 0.3) is 0 Å². The standard InChI is InChI=1S/C10H10O2.C9H9NO2/c1-7-2-3-10-8(4-7)5-9(11)6-12-10;1-6-2-3-9-8(10-6)4-7(11)5-12-9/h2-4H,5-6H2,1H3;2-3H,4-5H2,1H3. The lowest BCUT2D eigenvalue weighted by molar-refractivity contribution is -0.122. The van der Waals surface area contributed by atoms with Crippen molar-refractivity contribution in [1.82, 2.24) is 4.98 Å². The summed E-state index contributed by atoms with van der Waals surface area (Å²) in [5, 5.41) is 0. The van der Waals surface area contributed by atoms with Gasteiger partial charge in [-0.1, -0.05) is 17.7 Å². The van der Waals surface area contributed by atoms with Crippen LogP contribution in [0.25, 0.3) is 0 Å². The second kappa shape index (κ2) is 6.83. The van der Waals surface area contributed by atoms with E-state index in [0.717, 1.165) is 28.5 Å². The highest BCUT2D eigenvalue weighted by atomic mass is 16.5. The van der Waals surface area contributed by atoms with E-state index in [1.807, 2.05) is 44.2 Å². The number of rotatable bonds is 0. The first kappa shape index (κ1) is 16.2. The number of carbonyl (C=O) groups is 2. The van der Waals surface area contributed by atoms with E-state index in [0.29, 0.717) is 12.8 Å². The molecule has 0 aliphatic carbocycles. The van der Waals surface area contributed by atoms with Crippen LogP contribution in [0.2, 0.25) is 0 Å². The van der Waals surface area contributed by atoms with Crippen molar-refractivity contribution in [2.24, 2.45) is 0 Å². The summed E-state index contributed by atoms with van der Waals surface area (Å²) in [6.45, 7) is 4.34. The van der Waals surface area contributed by atoms with E-state index in [1.165, 1.54) is 5.56 Å². The molecule has 3 heterocycles. The van der Waals surface area contributed by atoms with Crippen molar-refractivity contribution >= 4 is 11.6 Å². The maximum atomic E-state index is 11.0. The lowest BCUT2D eigenvalue weighted by Gasteiger charge is -2.16. The maximum absolute atomic E-state index is 11.0. The third-order valence-corrected chi connectivity index (χ3v) is 3.82. The minimum Gasteiger partial charge on any atom is -0.486 e. The van der Waals surface area contributed by atoms with Crippen LogP contribution >= 0.6 is 0 Å². The van der Waals surface area contributed by atoms with Crippen LogP contribution in [0.4, 0.5) is 0 Å². The Labute approximate surface area is 140 Å². The summed E-state index contributed by atoms with van der Waals surface area (Å²) in [6, 6.07) is 9.68. The van der Waals surface area contributed by atoms with Crippen molar-refractivity contribution in [3.8, 4) is 11.5 Å². The number of hydrogen-bond acceptors (Lipinski definition) is 5. The van der Waals surface area contributed by atoms with E-state index in [2.05, 4.69) is 4.98 Å². The molecule has 2 aromatic rings. The van der Waals surface area contributed by atoms with Crippen molar-refractivity contribution < 1.29 is 19.1 Å². The summed E-state index contributed by atoms with van der Waals surface area (Å²) in [5.74, 6) is 1.87. The van der Waals surface area contributed by atoms with Gasteiger partial charge in [-0.3, -0.25) is 14.6 Å². The molecule has 0 spiro atoms. The fourth-order valence-corrected chi connectivity index (χ4v) is 2.66. The largest absolute Gasteiger partial charge is 0.486 e. The van der Waals surface area contributed by atoms with Gasteiger partial charge >= 0.3 is 0 Å². The molecule has 2 aliphatic heterocycles. The molecule has 0 atom stereocenters. The highest BCUT2D eigenvalue weighted by molar-refractivity contribution is 5.84. The Morgan fingerprint density at radius 2 is 1.54 bits per heavy atom. The predicted molar refractivity (Wildman–Crippen MR) is 88.6 cm³/mol. The van der Waals surface area contributed by atoms with Gasteiger partial charge in [0.2, 0.25) is 0 Å². The highest BCUT2D eigenvalue weighted by Crippen LogP contribution is 2.24. The van der Waals surface area contributed by atoms with E-state index >= 15 is 0 Å². The van der Waals surface area contributed by atoms with Gasteiger partial charge in [0.1, 0.15) is 24.7 Å². The molecule has 0 saturated heterocycles. The number of pyridine rings is 1. The van der Waals surface area contributed by atoms with Crippen LogP contribution in [0.5, 0.6) is 11.5 Å². The van der Waals surface area contributed by atoms with Gasteiger partial charge in [0.15, 0.2) is 11.6 Å². The fraction of sp³-hybridized carbons (Fsp3) is 0.316. The molecule has 24 heavy (non-hydrogen) atoms. The number of aryl methyl sites for hydroxylation is 2. The Hall–Kier alpha value is -2.69. The van der Waals surface area contributed by atoms with Crippen LogP contribution in [0.15, 0.2) is 30.3 Å². The average Bonchev–Trinajstić information content (AvgIpc) is 2.54. The second-order valence-electron chi connectivity index (χ2n) is 6.02. The van der Waals surface area contributed by atoms with Crippen molar-refractivity contribution in [2.75, 3.05) is 13.2 Å². The monoisotopic (exact) mass is 325 g/mol. The summed E-state index contributed by atoms with van der Waals surface area (Å²) in [7, 11) is 0. The summed E-state index contributed by atoms with van der Waals surface area (Å²) in [4.78, 5) is 26.2. The van der Waals surface area contributed by atoms with E-state index in [-0.39, 0.29) is 24.8 Å². The van der Waals surface area contributed by atoms with E-state index in [1.54, 1.807) is 0 Å². The van der Waals surface area contributed by atoms with Crippen LogP contribution in [-0.4, -0.2) is 29.8 Å². The van der Waals surface area contributed by atoms with Crippen LogP contribution in [-0.2, 0) is 22.4 Å². The van der Waals surface area contributed by atoms with Crippen molar-refractivity contribution in [1.29, 1.82) is 0 Å². The molecular formula is C19H19NO4. The van der Waals surface area contributed by atoms with Crippen molar-refractivity contribution in [3.63, 3.8) is 0 Å². The molecule has 0 fully saturated rings. The topological polar surface area (TPSA) is 65.5 Å². The number of aromatic nitrogens is 1. The second-order valence-corrected chi connectivity index (χ2v) is 6.02. The zero-order valence-electron chi connectivity index (χ0n) is 13.8. The van der Waals surface area contributed by atoms with Crippen LogP contribution in [0.1, 0.15) is 22.5 Å². The molecule has 0 saturated carbocycles. The number of ether oxygens (including phenoxy) is 2. The Balaban J connectivity index is 0.000000141. The number of carbonyl (C=O) groups excluding carboxylic acids is 2. The minimum atomic E-state index is 0.0978. The first-order chi connectivity index (χ1) is 11.5. The van der Waals surface area contributed by atoms with Gasteiger partial charge in [-0.15, -0.1) is 0 Å². The third-order valence-electron chi connectivity index (χ3n) is 3.82. The van der Waals surface area contributed by atoms with Gasteiger partial charge < -0.3 is 9.47 Å². The Morgan fingerprint density at radius 3 is 2.33 bits per heavy atom. The van der Waals surface area contributed by atoms with Crippen LogP contribution in [0, 0.1) is 13.8 Å². The summed E-state index contributed by atoms with van der Waals surface area (Å²) >= 11 is 0. The lowest BCUT2D eigenvalue weighted by Crippen LogP contribution is -2.21. The van der Waals surface area contributed by atoms with Crippen LogP contribution < -0.4 is 9.47 Å². The quantitative estimate of drug-likeness (QED) is 0.744. The number of benzene rings is 1. The van der Waals surface area contributed by atoms with Gasteiger partial charge in [-0.25, -0.2) is 0 Å². The smallest absolute Gasteiger partial charge is 0.176 e. The molecular weight excluding hydrogens is 306 g/mol. The van der Waals surface area contributed by atoms with E-state index in [9.17, 15) is 9.59 Å². The molecule has 0 bridgehead atoms. The third kappa shape index (κ3) is 3.79. The molecule has 124 valence electrons. The highest BCUT2D eigenvalue weighted by Gasteiger charge is 2.17. The Morgan fingerprint density at radius 1 is 0.875 bits per heavy atom. The van der Waals surface area contributed by atoms with Crippen LogP contribution in [0.3, 0.4) is 0 Å². The first-order valence-corrected chi connectivity index (χ1v) is 7.86. The molecule has 0 radical (unpaired) electrons. The number of fused-ring (bicyclic) bond motifs is 2. The number of nitrogens with zero attached hydrogens (tertiary/aromatic N) is 1. The maximum Gasteiger partial charge on any atom is 0.176 e. The summed E-state index contributed by atoms with van der Waals surface area (Å²) < 4.78 is 10.4. The molecule has 4 rings (SSSR count). The number of hydrogen-bond donors (Lipinski definition) is 0. The number of Topliss-reactive ketones (excluding diaryl/α,β-unsaturated/α-hetero) is 2. The zero-order valence-corrected chi connectivity index (χ0v) is 13.8. The minimum absolute atomic E-state index is 0.0978. The van der Waals surface area contributed by atoms with Crippen molar-refractivity contribution in [2.45, 2.75) is 26.7 Å². The number of ketones is 2. The average molecular weight is 325 g/mol. The zero-order chi connectivity index (χ0) is 17.1. The van der Waals surface area contributed by atoms with Gasteiger partial charge in [0.05, 0.1) is 12.1 Å². The molecule has 5 heteroatoms. The van der Waals surface area contributed by atoms with Gasteiger partial charge in [0, 0.05) is 17.7 Å². The summed E-state index contributed by atoms with van der Waals surface area (Å²) in [5.41, 5.74) is 3.89. The Bertz CT molecular complexity index is 730. The Kier molecular flexibility index (Phi) is 4.60. The molecule has 0 unspecified atom stereocenters. The molecule has 0 amide bonds. The van der Waals surface area contributed by atoms with E-state index in [4.69, 9.17) is 9.47 Å². The predicted octanol–water partition coefficient (Wildman–Crippen LogP) is 2.39. The lowest BCUT2D eigenvalue weighted by atomic mass is 10.0. The molecule has 1 aromatic carbocycles. The molecule has 2 aliphatic rings. The molecule has 0 N–H and O–H groups in total. The first-order valence-electron chi connectivity index (χ1n) is 7.86. The normalized spacial score (nSPS) is 15.2. The van der Waals surface area contributed by atoms with Gasteiger partial charge in [-0.2, -0.15) is 0 Å². The molecule has 5 nitrogen and oxygen atoms in total.